The number of aryl methyl sites for hydroxylation is 2. The smallest absolute Gasteiger partial charge is 0.358 e. The number of benzene rings is 2. The van der Waals surface area contributed by atoms with Gasteiger partial charge in [-0.2, -0.15) is 12.1 Å². The molecule has 0 atom stereocenters. The van der Waals surface area contributed by atoms with Crippen LogP contribution in [0.1, 0.15) is 82.1 Å². The number of fused-ring (bicyclic) bond motifs is 2. The molecule has 0 fully saturated rings. The van der Waals surface area contributed by atoms with Crippen molar-refractivity contribution >= 4 is 57.3 Å². The van der Waals surface area contributed by atoms with Crippen LogP contribution in [-0.4, -0.2) is 11.0 Å². The van der Waals surface area contributed by atoms with Gasteiger partial charge in [0.05, 0.1) is 0 Å². The van der Waals surface area contributed by atoms with E-state index in [4.69, 9.17) is 0 Å². The Morgan fingerprint density at radius 1 is 0.676 bits per heavy atom. The van der Waals surface area contributed by atoms with E-state index in [2.05, 4.69) is 116 Å². The SMILES string of the molecule is CCC.Cc1cc2c(C(C)C)cccc2[cH-]1.Cc1cc2c(C(C)C)cccc2[cH-]1.Cl.Cl.[CH3-].[Si].[Zr+3]. The Kier molecular flexibility index (Phi) is 23.3. The minimum absolute atomic E-state index is 0. The molecule has 0 bridgehead atoms. The summed E-state index contributed by atoms with van der Waals surface area (Å²) in [5.41, 5.74) is 5.66. The van der Waals surface area contributed by atoms with Gasteiger partial charge in [0.15, 0.2) is 0 Å². The first-order valence-corrected chi connectivity index (χ1v) is 11.1. The van der Waals surface area contributed by atoms with Crippen LogP contribution in [0.5, 0.6) is 0 Å². The van der Waals surface area contributed by atoms with Gasteiger partial charge < -0.3 is 7.43 Å². The molecule has 0 amide bonds. The zero-order valence-electron chi connectivity index (χ0n) is 22.5. The van der Waals surface area contributed by atoms with Gasteiger partial charge in [-0.25, -0.2) is 0 Å². The molecule has 0 aliphatic carbocycles. The van der Waals surface area contributed by atoms with E-state index in [9.17, 15) is 0 Å². The molecular formula is C30H43Cl2SiZr. The molecule has 0 aromatic heterocycles. The molecule has 4 rings (SSSR count). The first-order valence-electron chi connectivity index (χ1n) is 11.1. The van der Waals surface area contributed by atoms with Crippen LogP contribution in [0.25, 0.3) is 21.5 Å². The molecule has 0 spiro atoms. The van der Waals surface area contributed by atoms with Gasteiger partial charge in [-0.15, -0.1) is 93.9 Å². The van der Waals surface area contributed by atoms with Crippen molar-refractivity contribution in [3.8, 4) is 0 Å². The van der Waals surface area contributed by atoms with Gasteiger partial charge in [-0.05, 0) is 11.8 Å². The van der Waals surface area contributed by atoms with Crippen LogP contribution in [0.2, 0.25) is 0 Å². The Labute approximate surface area is 246 Å². The van der Waals surface area contributed by atoms with Crippen molar-refractivity contribution in [2.24, 2.45) is 0 Å². The monoisotopic (exact) mass is 591 g/mol. The van der Waals surface area contributed by atoms with Gasteiger partial charge in [-0.3, -0.25) is 0 Å². The standard InChI is InChI=1S/2C13H15.C3H8.CH3.2ClH.Si.Zr/c2*1-9(2)12-6-4-5-11-7-10(3)8-13(11)12;1-3-2;;;;;/h2*4-9H,1-3H3;3H2,1-2H3;1H3;2*1H;;/q2*-1;;-1;;;;+3. The van der Waals surface area contributed by atoms with E-state index in [-0.39, 0.29) is 69.4 Å². The van der Waals surface area contributed by atoms with Crippen molar-refractivity contribution in [1.29, 1.82) is 0 Å². The Morgan fingerprint density at radius 2 is 0.971 bits per heavy atom. The van der Waals surface area contributed by atoms with Crippen molar-refractivity contribution < 1.29 is 26.2 Å². The summed E-state index contributed by atoms with van der Waals surface area (Å²) in [4.78, 5) is 0. The topological polar surface area (TPSA) is 0 Å². The third kappa shape index (κ3) is 10.9. The fraction of sp³-hybridized carbons (Fsp3) is 0.367. The first kappa shape index (κ1) is 40.5. The summed E-state index contributed by atoms with van der Waals surface area (Å²) >= 11 is 0. The van der Waals surface area contributed by atoms with Crippen molar-refractivity contribution in [1.82, 2.24) is 0 Å². The largest absolute Gasteiger partial charge is 3.00 e. The van der Waals surface area contributed by atoms with Crippen LogP contribution >= 0.6 is 24.8 Å². The quantitative estimate of drug-likeness (QED) is 0.160. The van der Waals surface area contributed by atoms with E-state index in [0.29, 0.717) is 11.8 Å². The third-order valence-corrected chi connectivity index (χ3v) is 5.10. The molecule has 0 nitrogen and oxygen atoms in total. The van der Waals surface area contributed by atoms with E-state index >= 15 is 0 Å². The van der Waals surface area contributed by atoms with Crippen molar-refractivity contribution in [3.05, 3.63) is 90.3 Å². The molecule has 185 valence electrons. The zero-order chi connectivity index (χ0) is 21.6. The molecule has 4 aromatic rings. The number of halogens is 2. The molecule has 34 heavy (non-hydrogen) atoms. The number of hydrogen-bond donors (Lipinski definition) is 0. The normalized spacial score (nSPS) is 9.24. The molecule has 0 saturated heterocycles. The molecule has 0 aliphatic rings. The Hall–Kier alpha value is -0.660. The molecule has 0 unspecified atom stereocenters. The van der Waals surface area contributed by atoms with E-state index in [1.54, 1.807) is 0 Å². The molecule has 0 aliphatic heterocycles. The number of rotatable bonds is 2. The van der Waals surface area contributed by atoms with Crippen LogP contribution in [0.4, 0.5) is 0 Å². The molecule has 4 aromatic carbocycles. The molecule has 0 N–H and O–H groups in total. The average molecular weight is 594 g/mol. The summed E-state index contributed by atoms with van der Waals surface area (Å²) in [7, 11) is 0. The Balaban J connectivity index is -0.000000210. The summed E-state index contributed by atoms with van der Waals surface area (Å²) in [5, 5.41) is 5.61. The van der Waals surface area contributed by atoms with Gasteiger partial charge in [-0.1, -0.05) is 85.1 Å². The van der Waals surface area contributed by atoms with Gasteiger partial charge in [0.1, 0.15) is 0 Å². The maximum absolute atomic E-state index is 2.28. The second-order valence-electron chi connectivity index (χ2n) is 8.78. The van der Waals surface area contributed by atoms with Crippen LogP contribution in [0, 0.1) is 21.3 Å². The van der Waals surface area contributed by atoms with E-state index in [1.165, 1.54) is 50.2 Å². The summed E-state index contributed by atoms with van der Waals surface area (Å²) in [6.07, 6.45) is 1.25. The fourth-order valence-electron chi connectivity index (χ4n) is 3.82. The van der Waals surface area contributed by atoms with E-state index in [1.807, 2.05) is 0 Å². The van der Waals surface area contributed by atoms with Crippen molar-refractivity contribution in [2.45, 2.75) is 73.6 Å². The molecule has 4 heteroatoms. The molecular weight excluding hydrogens is 551 g/mol. The summed E-state index contributed by atoms with van der Waals surface area (Å²) in [5.74, 6) is 1.23. The minimum Gasteiger partial charge on any atom is -0.358 e. The van der Waals surface area contributed by atoms with Crippen molar-refractivity contribution in [3.63, 3.8) is 0 Å². The summed E-state index contributed by atoms with van der Waals surface area (Å²) in [6.45, 7) is 17.6. The first-order chi connectivity index (χ1) is 13.8. The molecule has 0 heterocycles. The second-order valence-corrected chi connectivity index (χ2v) is 8.78. The van der Waals surface area contributed by atoms with E-state index in [0.717, 1.165) is 0 Å². The third-order valence-electron chi connectivity index (χ3n) is 5.10. The van der Waals surface area contributed by atoms with Crippen LogP contribution in [0.3, 0.4) is 0 Å². The van der Waals surface area contributed by atoms with E-state index < -0.39 is 0 Å². The summed E-state index contributed by atoms with van der Waals surface area (Å²) in [6, 6.07) is 22.2. The van der Waals surface area contributed by atoms with Gasteiger partial charge in [0.25, 0.3) is 0 Å². The maximum Gasteiger partial charge on any atom is 3.00 e. The average Bonchev–Trinajstić information content (AvgIpc) is 3.22. The predicted molar refractivity (Wildman–Crippen MR) is 159 cm³/mol. The van der Waals surface area contributed by atoms with Crippen LogP contribution in [0.15, 0.2) is 60.7 Å². The predicted octanol–water partition coefficient (Wildman–Crippen LogP) is 10.3. The fourth-order valence-corrected chi connectivity index (χ4v) is 3.82. The second kappa shape index (κ2) is 19.5. The zero-order valence-corrected chi connectivity index (χ0v) is 27.5. The minimum atomic E-state index is 0. The maximum atomic E-state index is 2.28. The van der Waals surface area contributed by atoms with Gasteiger partial charge in [0, 0.05) is 11.0 Å². The van der Waals surface area contributed by atoms with Crippen LogP contribution < -0.4 is 0 Å². The Bertz CT molecular complexity index is 961. The van der Waals surface area contributed by atoms with Gasteiger partial charge in [0.2, 0.25) is 0 Å². The van der Waals surface area contributed by atoms with Crippen molar-refractivity contribution in [2.75, 3.05) is 0 Å². The van der Waals surface area contributed by atoms with Gasteiger partial charge >= 0.3 is 26.2 Å². The molecule has 5 radical (unpaired) electrons. The molecule has 0 saturated carbocycles. The number of hydrogen-bond acceptors (Lipinski definition) is 0. The summed E-state index contributed by atoms with van der Waals surface area (Å²) < 4.78 is 0. The van der Waals surface area contributed by atoms with Crippen LogP contribution in [-0.2, 0) is 26.2 Å². The Morgan fingerprint density at radius 3 is 1.24 bits per heavy atom.